The predicted molar refractivity (Wildman–Crippen MR) is 108 cm³/mol. The third-order valence-corrected chi connectivity index (χ3v) is 4.82. The molecule has 0 aliphatic heterocycles. The molecule has 142 valence electrons. The van der Waals surface area contributed by atoms with Gasteiger partial charge in [-0.1, -0.05) is 18.2 Å². The fourth-order valence-electron chi connectivity index (χ4n) is 2.96. The molecule has 3 aromatic rings. The highest BCUT2D eigenvalue weighted by molar-refractivity contribution is 6.05. The Bertz CT molecular complexity index is 990. The van der Waals surface area contributed by atoms with Crippen LogP contribution in [0.1, 0.15) is 34.3 Å². The Morgan fingerprint density at radius 1 is 1.11 bits per heavy atom. The minimum atomic E-state index is -0.181. The van der Waals surface area contributed by atoms with Gasteiger partial charge in [0, 0.05) is 35.2 Å². The summed E-state index contributed by atoms with van der Waals surface area (Å²) in [4.78, 5) is 24.6. The average molecular weight is 374 g/mol. The second-order valence-electron chi connectivity index (χ2n) is 7.15. The zero-order valence-electron chi connectivity index (χ0n) is 15.7. The molecule has 6 heteroatoms. The van der Waals surface area contributed by atoms with Crippen molar-refractivity contribution in [1.29, 1.82) is 0 Å². The molecular weight excluding hydrogens is 352 g/mol. The van der Waals surface area contributed by atoms with E-state index in [0.29, 0.717) is 23.5 Å². The van der Waals surface area contributed by atoms with E-state index in [4.69, 9.17) is 0 Å². The summed E-state index contributed by atoms with van der Waals surface area (Å²) in [6, 6.07) is 14.9. The maximum absolute atomic E-state index is 12.6. The number of hydrogen-bond acceptors (Lipinski definition) is 3. The normalized spacial score (nSPS) is 13.2. The number of carbonyl (C=O) groups excluding carboxylic acids is 2. The molecule has 4 rings (SSSR count). The van der Waals surface area contributed by atoms with Gasteiger partial charge in [-0.15, -0.1) is 0 Å². The van der Waals surface area contributed by atoms with Crippen molar-refractivity contribution in [3.8, 4) is 0 Å². The lowest BCUT2D eigenvalue weighted by molar-refractivity contribution is -0.117. The Morgan fingerprint density at radius 3 is 2.57 bits per heavy atom. The summed E-state index contributed by atoms with van der Waals surface area (Å²) >= 11 is 0. The summed E-state index contributed by atoms with van der Waals surface area (Å²) in [5.74, 6) is 0.00732. The number of aryl methyl sites for hydroxylation is 1. The molecule has 1 saturated carbocycles. The quantitative estimate of drug-likeness (QED) is 0.688. The molecule has 0 atom stereocenters. The first-order valence-corrected chi connectivity index (χ1v) is 9.38. The van der Waals surface area contributed by atoms with Crippen LogP contribution < -0.4 is 10.6 Å². The number of amides is 2. The molecule has 6 nitrogen and oxygen atoms in total. The van der Waals surface area contributed by atoms with Gasteiger partial charge in [0.2, 0.25) is 5.91 Å². The fourth-order valence-corrected chi connectivity index (χ4v) is 2.96. The summed E-state index contributed by atoms with van der Waals surface area (Å²) in [5, 5.41) is 10.0. The van der Waals surface area contributed by atoms with Crippen LogP contribution in [0.2, 0.25) is 0 Å². The van der Waals surface area contributed by atoms with Gasteiger partial charge < -0.3 is 10.6 Å². The molecule has 1 fully saturated rings. The van der Waals surface area contributed by atoms with Crippen molar-refractivity contribution >= 4 is 23.2 Å². The zero-order valence-corrected chi connectivity index (χ0v) is 15.7. The van der Waals surface area contributed by atoms with Crippen LogP contribution in [0.3, 0.4) is 0 Å². The van der Waals surface area contributed by atoms with Crippen molar-refractivity contribution in [2.45, 2.75) is 26.3 Å². The maximum atomic E-state index is 12.6. The number of hydrogen-bond donors (Lipinski definition) is 2. The molecule has 0 saturated heterocycles. The first kappa shape index (κ1) is 18.0. The highest BCUT2D eigenvalue weighted by atomic mass is 16.2. The topological polar surface area (TPSA) is 76.0 Å². The van der Waals surface area contributed by atoms with Gasteiger partial charge in [0.25, 0.3) is 5.91 Å². The largest absolute Gasteiger partial charge is 0.326 e. The van der Waals surface area contributed by atoms with Crippen LogP contribution in [0, 0.1) is 12.8 Å². The van der Waals surface area contributed by atoms with Crippen molar-refractivity contribution in [1.82, 2.24) is 9.78 Å². The van der Waals surface area contributed by atoms with E-state index in [-0.39, 0.29) is 17.7 Å². The number of benzene rings is 2. The van der Waals surface area contributed by atoms with Crippen molar-refractivity contribution in [3.63, 3.8) is 0 Å². The Morgan fingerprint density at radius 2 is 1.89 bits per heavy atom. The Labute approximate surface area is 163 Å². The molecule has 2 N–H and O–H groups in total. The molecule has 28 heavy (non-hydrogen) atoms. The molecule has 1 aliphatic carbocycles. The number of nitrogens with zero attached hydrogens (tertiary/aromatic N) is 2. The third-order valence-electron chi connectivity index (χ3n) is 4.82. The van der Waals surface area contributed by atoms with E-state index in [9.17, 15) is 9.59 Å². The van der Waals surface area contributed by atoms with E-state index in [1.165, 1.54) is 0 Å². The second-order valence-corrected chi connectivity index (χ2v) is 7.15. The first-order chi connectivity index (χ1) is 13.6. The summed E-state index contributed by atoms with van der Waals surface area (Å²) in [7, 11) is 0. The number of aromatic nitrogens is 2. The average Bonchev–Trinajstić information content (AvgIpc) is 3.43. The van der Waals surface area contributed by atoms with Crippen molar-refractivity contribution in [3.05, 3.63) is 77.6 Å². The van der Waals surface area contributed by atoms with E-state index in [1.54, 1.807) is 12.3 Å². The van der Waals surface area contributed by atoms with Gasteiger partial charge in [0.15, 0.2) is 0 Å². The lowest BCUT2D eigenvalue weighted by atomic mass is 10.1. The summed E-state index contributed by atoms with van der Waals surface area (Å²) in [5.41, 5.74) is 3.98. The fraction of sp³-hybridized carbons (Fsp3) is 0.227. The molecular formula is C22H22N4O2. The van der Waals surface area contributed by atoms with Gasteiger partial charge in [-0.25, -0.2) is 0 Å². The van der Waals surface area contributed by atoms with Crippen LogP contribution in [0.25, 0.3) is 0 Å². The summed E-state index contributed by atoms with van der Waals surface area (Å²) < 4.78 is 1.83. The van der Waals surface area contributed by atoms with E-state index in [1.807, 2.05) is 60.3 Å². The maximum Gasteiger partial charge on any atom is 0.255 e. The lowest BCUT2D eigenvalue weighted by Gasteiger charge is -2.12. The molecule has 0 spiro atoms. The minimum absolute atomic E-state index is 0.0499. The van der Waals surface area contributed by atoms with Gasteiger partial charge in [0.1, 0.15) is 0 Å². The Balaban J connectivity index is 1.43. The molecule has 2 amide bonds. The van der Waals surface area contributed by atoms with E-state index in [2.05, 4.69) is 15.7 Å². The van der Waals surface area contributed by atoms with Crippen molar-refractivity contribution in [2.75, 3.05) is 10.6 Å². The highest BCUT2D eigenvalue weighted by Crippen LogP contribution is 2.31. The van der Waals surface area contributed by atoms with Crippen LogP contribution in [0.5, 0.6) is 0 Å². The molecule has 0 unspecified atom stereocenters. The second kappa shape index (κ2) is 7.68. The molecule has 1 aliphatic rings. The van der Waals surface area contributed by atoms with Gasteiger partial charge in [0.05, 0.1) is 6.54 Å². The predicted octanol–water partition coefficient (Wildman–Crippen LogP) is 3.84. The van der Waals surface area contributed by atoms with Crippen LogP contribution in [0.4, 0.5) is 11.4 Å². The molecule has 2 aromatic carbocycles. The van der Waals surface area contributed by atoms with Gasteiger partial charge in [-0.05, 0) is 61.2 Å². The minimum Gasteiger partial charge on any atom is -0.326 e. The molecule has 0 bridgehead atoms. The van der Waals surface area contributed by atoms with E-state index < -0.39 is 0 Å². The summed E-state index contributed by atoms with van der Waals surface area (Å²) in [6.07, 6.45) is 5.55. The zero-order chi connectivity index (χ0) is 19.5. The SMILES string of the molecule is Cc1ccc(NC(=O)C2CC2)cc1NC(=O)c1ccc(Cn2cccn2)cc1. The van der Waals surface area contributed by atoms with Crippen LogP contribution >= 0.6 is 0 Å². The lowest BCUT2D eigenvalue weighted by Crippen LogP contribution is -2.15. The highest BCUT2D eigenvalue weighted by Gasteiger charge is 2.29. The monoisotopic (exact) mass is 374 g/mol. The molecule has 0 radical (unpaired) electrons. The number of anilines is 2. The number of rotatable bonds is 6. The molecule has 1 aromatic heterocycles. The van der Waals surface area contributed by atoms with Gasteiger partial charge in [-0.3, -0.25) is 14.3 Å². The Hall–Kier alpha value is -3.41. The summed E-state index contributed by atoms with van der Waals surface area (Å²) in [6.45, 7) is 2.59. The van der Waals surface area contributed by atoms with E-state index in [0.717, 1.165) is 24.0 Å². The molecule has 1 heterocycles. The standard InChI is InChI=1S/C22H22N4O2/c1-15-3-10-19(24-21(27)18-8-9-18)13-20(15)25-22(28)17-6-4-16(5-7-17)14-26-12-2-11-23-26/h2-7,10-13,18H,8-9,14H2,1H3,(H,24,27)(H,25,28). The van der Waals surface area contributed by atoms with Crippen LogP contribution in [-0.4, -0.2) is 21.6 Å². The van der Waals surface area contributed by atoms with Gasteiger partial charge in [-0.2, -0.15) is 5.10 Å². The smallest absolute Gasteiger partial charge is 0.255 e. The number of carbonyl (C=O) groups is 2. The third kappa shape index (κ3) is 4.28. The Kier molecular flexibility index (Phi) is 4.93. The van der Waals surface area contributed by atoms with Crippen LogP contribution in [0.15, 0.2) is 60.9 Å². The van der Waals surface area contributed by atoms with Crippen LogP contribution in [-0.2, 0) is 11.3 Å². The van der Waals surface area contributed by atoms with Crippen molar-refractivity contribution in [2.24, 2.45) is 5.92 Å². The van der Waals surface area contributed by atoms with Crippen molar-refractivity contribution < 1.29 is 9.59 Å². The first-order valence-electron chi connectivity index (χ1n) is 9.38. The number of nitrogens with one attached hydrogen (secondary N) is 2. The van der Waals surface area contributed by atoms with E-state index >= 15 is 0 Å². The van der Waals surface area contributed by atoms with Gasteiger partial charge >= 0.3 is 0 Å².